The fraction of sp³-hybridized carbons (Fsp3) is 0.250. The maximum atomic E-state index is 12.5. The van der Waals surface area contributed by atoms with Crippen LogP contribution in [0.25, 0.3) is 0 Å². The maximum Gasteiger partial charge on any atom is 0.338 e. The third-order valence-electron chi connectivity index (χ3n) is 5.59. The smallest absolute Gasteiger partial charge is 0.338 e. The molecule has 3 aromatic rings. The molecule has 33 heavy (non-hydrogen) atoms. The van der Waals surface area contributed by atoms with Crippen LogP contribution >= 0.6 is 11.3 Å². The normalized spacial score (nSPS) is 14.4. The van der Waals surface area contributed by atoms with Gasteiger partial charge in [0, 0.05) is 23.4 Å². The van der Waals surface area contributed by atoms with Gasteiger partial charge in [0.1, 0.15) is 0 Å². The number of thiophene rings is 1. The van der Waals surface area contributed by atoms with Gasteiger partial charge in [0.2, 0.25) is 10.0 Å². The highest BCUT2D eigenvalue weighted by Gasteiger charge is 2.44. The summed E-state index contributed by atoms with van der Waals surface area (Å²) >= 11 is 1.45. The summed E-state index contributed by atoms with van der Waals surface area (Å²) < 4.78 is 32.7. The Labute approximate surface area is 196 Å². The number of sulfonamides is 1. The summed E-state index contributed by atoms with van der Waals surface area (Å²) in [6.07, 6.45) is 2.00. The van der Waals surface area contributed by atoms with E-state index in [0.717, 1.165) is 17.7 Å². The largest absolute Gasteiger partial charge is 0.452 e. The molecule has 0 unspecified atom stereocenters. The molecule has 2 aromatic carbocycles. The van der Waals surface area contributed by atoms with Crippen molar-refractivity contribution < 1.29 is 22.7 Å². The molecular weight excluding hydrogens is 460 g/mol. The molecule has 1 aromatic heterocycles. The fourth-order valence-electron chi connectivity index (χ4n) is 3.50. The van der Waals surface area contributed by atoms with Crippen LogP contribution in [0.2, 0.25) is 0 Å². The lowest BCUT2D eigenvalue weighted by Gasteiger charge is -2.16. The van der Waals surface area contributed by atoms with Crippen LogP contribution in [-0.2, 0) is 31.5 Å². The molecule has 172 valence electrons. The quantitative estimate of drug-likeness (QED) is 0.430. The van der Waals surface area contributed by atoms with Gasteiger partial charge in [-0.15, -0.1) is 11.3 Å². The molecule has 1 saturated carbocycles. The van der Waals surface area contributed by atoms with Gasteiger partial charge in [-0.3, -0.25) is 4.79 Å². The number of hydrogen-bond acceptors (Lipinski definition) is 6. The molecule has 0 spiro atoms. The molecule has 1 amide bonds. The van der Waals surface area contributed by atoms with Crippen LogP contribution in [0, 0.1) is 0 Å². The van der Waals surface area contributed by atoms with E-state index in [1.165, 1.54) is 41.2 Å². The SMILES string of the molecule is O=C(COC(=O)c1cccc(S(=O)(=O)NCc2cccs2)c1)NCC1(c2ccccc2)CC1. The maximum absolute atomic E-state index is 12.5. The summed E-state index contributed by atoms with van der Waals surface area (Å²) in [5.41, 5.74) is 1.21. The summed E-state index contributed by atoms with van der Waals surface area (Å²) in [4.78, 5) is 25.4. The van der Waals surface area contributed by atoms with Crippen LogP contribution in [0.4, 0.5) is 0 Å². The molecule has 4 rings (SSSR count). The standard InChI is InChI=1S/C24H24N2O5S2/c27-22(25-17-24(11-12-24)19-7-2-1-3-8-19)16-31-23(28)18-6-4-10-21(14-18)33(29,30)26-15-20-9-5-13-32-20/h1-10,13-14,26H,11-12,15-17H2,(H,25,27). The Morgan fingerprint density at radius 3 is 2.48 bits per heavy atom. The van der Waals surface area contributed by atoms with Crippen molar-refractivity contribution >= 4 is 33.2 Å². The number of carbonyl (C=O) groups excluding carboxylic acids is 2. The lowest BCUT2D eigenvalue weighted by molar-refractivity contribution is -0.124. The van der Waals surface area contributed by atoms with Crippen LogP contribution in [0.1, 0.15) is 33.6 Å². The van der Waals surface area contributed by atoms with Crippen LogP contribution in [0.5, 0.6) is 0 Å². The molecule has 0 bridgehead atoms. The first-order valence-corrected chi connectivity index (χ1v) is 12.9. The highest BCUT2D eigenvalue weighted by molar-refractivity contribution is 7.89. The molecule has 0 radical (unpaired) electrons. The van der Waals surface area contributed by atoms with Crippen LogP contribution in [0.3, 0.4) is 0 Å². The Hall–Kier alpha value is -3.01. The Bertz CT molecular complexity index is 1220. The Kier molecular flexibility index (Phi) is 6.92. The minimum Gasteiger partial charge on any atom is -0.452 e. The zero-order valence-corrected chi connectivity index (χ0v) is 19.5. The second kappa shape index (κ2) is 9.86. The van der Waals surface area contributed by atoms with Crippen LogP contribution < -0.4 is 10.0 Å². The Balaban J connectivity index is 1.29. The van der Waals surface area contributed by atoms with Gasteiger partial charge in [0.25, 0.3) is 5.91 Å². The Morgan fingerprint density at radius 2 is 1.79 bits per heavy atom. The Morgan fingerprint density at radius 1 is 1.00 bits per heavy atom. The summed E-state index contributed by atoms with van der Waals surface area (Å²) in [5.74, 6) is -1.16. The van der Waals surface area contributed by atoms with Crippen molar-refractivity contribution in [3.63, 3.8) is 0 Å². The molecular formula is C24H24N2O5S2. The second-order valence-electron chi connectivity index (χ2n) is 7.93. The number of ether oxygens (including phenoxy) is 1. The number of nitrogens with one attached hydrogen (secondary N) is 2. The highest BCUT2D eigenvalue weighted by Crippen LogP contribution is 2.47. The summed E-state index contributed by atoms with van der Waals surface area (Å²) in [6, 6.07) is 19.2. The van der Waals surface area contributed by atoms with Gasteiger partial charge in [-0.05, 0) is 48.1 Å². The number of amides is 1. The van der Waals surface area contributed by atoms with Crippen LogP contribution in [0.15, 0.2) is 77.0 Å². The average Bonchev–Trinajstić information content (AvgIpc) is 3.45. The summed E-state index contributed by atoms with van der Waals surface area (Å²) in [7, 11) is -3.80. The number of hydrogen-bond donors (Lipinski definition) is 2. The number of esters is 1. The van der Waals surface area contributed by atoms with E-state index in [1.807, 2.05) is 35.7 Å². The van der Waals surface area contributed by atoms with E-state index in [2.05, 4.69) is 22.2 Å². The highest BCUT2D eigenvalue weighted by atomic mass is 32.2. The zero-order valence-electron chi connectivity index (χ0n) is 17.8. The van der Waals surface area contributed by atoms with Gasteiger partial charge < -0.3 is 10.1 Å². The van der Waals surface area contributed by atoms with E-state index in [-0.39, 0.29) is 22.4 Å². The van der Waals surface area contributed by atoms with E-state index in [4.69, 9.17) is 4.74 Å². The number of benzene rings is 2. The first-order valence-electron chi connectivity index (χ1n) is 10.5. The van der Waals surface area contributed by atoms with E-state index in [0.29, 0.717) is 6.54 Å². The van der Waals surface area contributed by atoms with Crippen LogP contribution in [-0.4, -0.2) is 33.4 Å². The van der Waals surface area contributed by atoms with Crippen molar-refractivity contribution in [1.82, 2.24) is 10.0 Å². The van der Waals surface area contributed by atoms with E-state index < -0.39 is 28.5 Å². The van der Waals surface area contributed by atoms with E-state index in [9.17, 15) is 18.0 Å². The molecule has 2 N–H and O–H groups in total. The lowest BCUT2D eigenvalue weighted by Crippen LogP contribution is -2.35. The van der Waals surface area contributed by atoms with Crippen molar-refractivity contribution in [3.05, 3.63) is 88.1 Å². The summed E-state index contributed by atoms with van der Waals surface area (Å²) in [5, 5.41) is 4.70. The monoisotopic (exact) mass is 484 g/mol. The predicted molar refractivity (Wildman–Crippen MR) is 125 cm³/mol. The number of carbonyl (C=O) groups is 2. The van der Waals surface area contributed by atoms with Gasteiger partial charge in [0.15, 0.2) is 6.61 Å². The minimum atomic E-state index is -3.80. The zero-order chi connectivity index (χ0) is 23.3. The first-order chi connectivity index (χ1) is 15.9. The third kappa shape index (κ3) is 5.87. The van der Waals surface area contributed by atoms with Crippen molar-refractivity contribution in [3.8, 4) is 0 Å². The second-order valence-corrected chi connectivity index (χ2v) is 10.7. The van der Waals surface area contributed by atoms with Gasteiger partial charge in [-0.25, -0.2) is 17.9 Å². The van der Waals surface area contributed by atoms with Gasteiger partial charge in [-0.2, -0.15) is 0 Å². The van der Waals surface area contributed by atoms with Crippen molar-refractivity contribution in [2.24, 2.45) is 0 Å². The third-order valence-corrected chi connectivity index (χ3v) is 7.87. The van der Waals surface area contributed by atoms with Crippen molar-refractivity contribution in [1.29, 1.82) is 0 Å². The summed E-state index contributed by atoms with van der Waals surface area (Å²) in [6.45, 7) is 0.216. The van der Waals surface area contributed by atoms with Crippen molar-refractivity contribution in [2.75, 3.05) is 13.2 Å². The average molecular weight is 485 g/mol. The molecule has 1 aliphatic carbocycles. The minimum absolute atomic E-state index is 0.0419. The van der Waals surface area contributed by atoms with Crippen molar-refractivity contribution in [2.45, 2.75) is 29.7 Å². The van der Waals surface area contributed by atoms with Gasteiger partial charge in [-0.1, -0.05) is 42.5 Å². The molecule has 1 aliphatic rings. The van der Waals surface area contributed by atoms with Gasteiger partial charge in [0.05, 0.1) is 10.5 Å². The molecule has 1 heterocycles. The van der Waals surface area contributed by atoms with E-state index >= 15 is 0 Å². The molecule has 9 heteroatoms. The molecule has 0 atom stereocenters. The van der Waals surface area contributed by atoms with E-state index in [1.54, 1.807) is 0 Å². The number of rotatable bonds is 10. The fourth-order valence-corrected chi connectivity index (χ4v) is 5.28. The lowest BCUT2D eigenvalue weighted by atomic mass is 9.96. The molecule has 0 aliphatic heterocycles. The van der Waals surface area contributed by atoms with Gasteiger partial charge >= 0.3 is 5.97 Å². The molecule has 1 fully saturated rings. The molecule has 7 nitrogen and oxygen atoms in total. The predicted octanol–water partition coefficient (Wildman–Crippen LogP) is 3.23. The topological polar surface area (TPSA) is 102 Å². The molecule has 0 saturated heterocycles. The first kappa shape index (κ1) is 23.2.